The molecule has 2 saturated heterocycles. The zero-order chi connectivity index (χ0) is 13.6. The molecule has 2 aliphatic rings. The van der Waals surface area contributed by atoms with E-state index in [2.05, 4.69) is 47.4 Å². The van der Waals surface area contributed by atoms with E-state index in [1.165, 1.54) is 30.2 Å². The summed E-state index contributed by atoms with van der Waals surface area (Å²) >= 11 is 0. The maximum Gasteiger partial charge on any atom is 0.0923 e. The predicted molar refractivity (Wildman–Crippen MR) is 81.7 cm³/mol. The molecular weight excluding hydrogens is 246 g/mol. The molecule has 0 aromatic heterocycles. The second kappa shape index (κ2) is 4.57. The Morgan fingerprint density at radius 1 is 1.05 bits per heavy atom. The van der Waals surface area contributed by atoms with Gasteiger partial charge in [-0.2, -0.15) is 0 Å². The summed E-state index contributed by atoms with van der Waals surface area (Å²) in [6, 6.07) is 15.4. The maximum atomic E-state index is 11.1. The van der Waals surface area contributed by atoms with Crippen LogP contribution in [0.4, 0.5) is 0 Å². The number of rotatable bonds is 1. The molecule has 2 nitrogen and oxygen atoms in total. The summed E-state index contributed by atoms with van der Waals surface area (Å²) in [6.45, 7) is 2.26. The van der Waals surface area contributed by atoms with Crippen LogP contribution in [-0.4, -0.2) is 29.1 Å². The highest BCUT2D eigenvalue weighted by Crippen LogP contribution is 2.40. The largest absolute Gasteiger partial charge is 0.385 e. The van der Waals surface area contributed by atoms with Crippen molar-refractivity contribution in [2.45, 2.75) is 37.3 Å². The molecule has 104 valence electrons. The van der Waals surface area contributed by atoms with Crippen molar-refractivity contribution in [3.8, 4) is 0 Å². The Hall–Kier alpha value is -1.38. The van der Waals surface area contributed by atoms with Crippen molar-refractivity contribution in [2.24, 2.45) is 0 Å². The molecule has 2 heterocycles. The van der Waals surface area contributed by atoms with Gasteiger partial charge >= 0.3 is 0 Å². The summed E-state index contributed by atoms with van der Waals surface area (Å²) in [6.07, 6.45) is 4.29. The van der Waals surface area contributed by atoms with Gasteiger partial charge in [-0.25, -0.2) is 0 Å². The maximum absolute atomic E-state index is 11.1. The molecule has 2 atom stereocenters. The second-order valence-electron chi connectivity index (χ2n) is 6.38. The van der Waals surface area contributed by atoms with Crippen molar-refractivity contribution in [3.05, 3.63) is 48.0 Å². The molecule has 0 saturated carbocycles. The van der Waals surface area contributed by atoms with Crippen molar-refractivity contribution < 1.29 is 5.11 Å². The predicted octanol–water partition coefficient (Wildman–Crippen LogP) is 3.29. The Kier molecular flexibility index (Phi) is 2.83. The summed E-state index contributed by atoms with van der Waals surface area (Å²) in [5.41, 5.74) is 0.470. The number of nitrogens with zero attached hydrogens (tertiary/aromatic N) is 1. The first kappa shape index (κ1) is 12.4. The monoisotopic (exact) mass is 267 g/mol. The lowest BCUT2D eigenvalue weighted by Gasteiger charge is -2.41. The van der Waals surface area contributed by atoms with E-state index in [1.54, 1.807) is 0 Å². The highest BCUT2D eigenvalue weighted by atomic mass is 16.3. The van der Waals surface area contributed by atoms with Crippen LogP contribution in [0.3, 0.4) is 0 Å². The van der Waals surface area contributed by atoms with E-state index in [9.17, 15) is 5.11 Å². The minimum Gasteiger partial charge on any atom is -0.385 e. The molecule has 2 fully saturated rings. The minimum absolute atomic E-state index is 0.584. The van der Waals surface area contributed by atoms with Gasteiger partial charge in [0, 0.05) is 12.6 Å². The average molecular weight is 267 g/mol. The molecule has 4 rings (SSSR count). The van der Waals surface area contributed by atoms with Gasteiger partial charge in [-0.3, -0.25) is 0 Å². The third-order valence-corrected chi connectivity index (χ3v) is 5.17. The summed E-state index contributed by atoms with van der Waals surface area (Å²) in [5, 5.41) is 13.6. The topological polar surface area (TPSA) is 23.5 Å². The summed E-state index contributed by atoms with van der Waals surface area (Å²) in [7, 11) is 0. The van der Waals surface area contributed by atoms with Gasteiger partial charge in [0.1, 0.15) is 0 Å². The van der Waals surface area contributed by atoms with Gasteiger partial charge < -0.3 is 10.0 Å². The van der Waals surface area contributed by atoms with Gasteiger partial charge in [0.2, 0.25) is 0 Å². The fourth-order valence-corrected chi connectivity index (χ4v) is 3.98. The van der Waals surface area contributed by atoms with E-state index in [-0.39, 0.29) is 0 Å². The van der Waals surface area contributed by atoms with Crippen molar-refractivity contribution in [1.82, 2.24) is 4.90 Å². The highest BCUT2D eigenvalue weighted by Gasteiger charge is 2.41. The van der Waals surface area contributed by atoms with Crippen LogP contribution in [0.1, 0.15) is 31.2 Å². The molecule has 0 spiro atoms. The molecule has 1 N–H and O–H groups in total. The minimum atomic E-state index is -0.629. The van der Waals surface area contributed by atoms with Crippen LogP contribution in [-0.2, 0) is 5.60 Å². The first-order valence-electron chi connectivity index (χ1n) is 7.70. The molecule has 0 bridgehead atoms. The van der Waals surface area contributed by atoms with Crippen LogP contribution < -0.4 is 0 Å². The average Bonchev–Trinajstić information content (AvgIpc) is 2.94. The van der Waals surface area contributed by atoms with Crippen LogP contribution in [0.15, 0.2) is 42.5 Å². The molecule has 20 heavy (non-hydrogen) atoms. The van der Waals surface area contributed by atoms with Crippen LogP contribution >= 0.6 is 0 Å². The van der Waals surface area contributed by atoms with Gasteiger partial charge in [-0.05, 0) is 54.6 Å². The molecule has 2 heteroatoms. The van der Waals surface area contributed by atoms with Crippen molar-refractivity contribution in [1.29, 1.82) is 0 Å². The normalized spacial score (nSPS) is 30.6. The third-order valence-electron chi connectivity index (χ3n) is 5.17. The molecule has 2 aliphatic heterocycles. The molecule has 0 aliphatic carbocycles. The van der Waals surface area contributed by atoms with Crippen LogP contribution in [0, 0.1) is 0 Å². The van der Waals surface area contributed by atoms with E-state index >= 15 is 0 Å². The summed E-state index contributed by atoms with van der Waals surface area (Å²) in [5.74, 6) is 0. The fourth-order valence-electron chi connectivity index (χ4n) is 3.98. The Morgan fingerprint density at radius 3 is 2.80 bits per heavy atom. The Bertz CT molecular complexity index is 638. The number of hydrogen-bond donors (Lipinski definition) is 1. The molecule has 0 radical (unpaired) electrons. The van der Waals surface area contributed by atoms with E-state index in [1.807, 2.05) is 0 Å². The van der Waals surface area contributed by atoms with Crippen LogP contribution in [0.2, 0.25) is 0 Å². The fraction of sp³-hybridized carbons (Fsp3) is 0.444. The van der Waals surface area contributed by atoms with Crippen LogP contribution in [0.25, 0.3) is 10.8 Å². The second-order valence-corrected chi connectivity index (χ2v) is 6.38. The number of hydrogen-bond acceptors (Lipinski definition) is 2. The smallest absolute Gasteiger partial charge is 0.0923 e. The van der Waals surface area contributed by atoms with Gasteiger partial charge in [-0.15, -0.1) is 0 Å². The first-order valence-corrected chi connectivity index (χ1v) is 7.70. The lowest BCUT2D eigenvalue weighted by molar-refractivity contribution is -0.0408. The van der Waals surface area contributed by atoms with Crippen LogP contribution in [0.5, 0.6) is 0 Å². The Balaban J connectivity index is 1.70. The third kappa shape index (κ3) is 1.95. The quantitative estimate of drug-likeness (QED) is 0.857. The number of aliphatic hydroxyl groups is 1. The standard InChI is InChI=1S/C18H21NO/c20-18(9-11-19-10-3-6-17(19)13-18)16-8-7-14-4-1-2-5-15(14)12-16/h1-2,4-5,7-8,12,17,20H,3,6,9-11,13H2. The molecule has 2 aromatic rings. The summed E-state index contributed by atoms with van der Waals surface area (Å²) < 4.78 is 0. The van der Waals surface area contributed by atoms with Gasteiger partial charge in [0.15, 0.2) is 0 Å². The number of benzene rings is 2. The zero-order valence-electron chi connectivity index (χ0n) is 11.8. The van der Waals surface area contributed by atoms with E-state index < -0.39 is 5.60 Å². The molecule has 0 amide bonds. The van der Waals surface area contributed by atoms with Gasteiger partial charge in [0.05, 0.1) is 5.60 Å². The van der Waals surface area contributed by atoms with E-state index in [4.69, 9.17) is 0 Å². The van der Waals surface area contributed by atoms with E-state index in [0.29, 0.717) is 6.04 Å². The molecule has 2 unspecified atom stereocenters. The highest BCUT2D eigenvalue weighted by molar-refractivity contribution is 5.83. The number of fused-ring (bicyclic) bond motifs is 2. The van der Waals surface area contributed by atoms with Gasteiger partial charge in [0.25, 0.3) is 0 Å². The van der Waals surface area contributed by atoms with Crippen molar-refractivity contribution in [2.75, 3.05) is 13.1 Å². The Morgan fingerprint density at radius 2 is 1.90 bits per heavy atom. The molecular formula is C18H21NO. The van der Waals surface area contributed by atoms with Crippen molar-refractivity contribution >= 4 is 10.8 Å². The number of piperidine rings is 1. The van der Waals surface area contributed by atoms with Crippen molar-refractivity contribution in [3.63, 3.8) is 0 Å². The SMILES string of the molecule is OC1(c2ccc3ccccc3c2)CCN2CCCC2C1. The first-order chi connectivity index (χ1) is 9.74. The zero-order valence-corrected chi connectivity index (χ0v) is 11.8. The molecule has 2 aromatic carbocycles. The Labute approximate surface area is 120 Å². The lowest BCUT2D eigenvalue weighted by atomic mass is 9.80. The lowest BCUT2D eigenvalue weighted by Crippen LogP contribution is -2.45. The van der Waals surface area contributed by atoms with Gasteiger partial charge in [-0.1, -0.05) is 36.4 Å². The van der Waals surface area contributed by atoms with E-state index in [0.717, 1.165) is 24.9 Å². The summed E-state index contributed by atoms with van der Waals surface area (Å²) in [4.78, 5) is 2.55.